The van der Waals surface area contributed by atoms with Crippen molar-refractivity contribution in [2.24, 2.45) is 0 Å². The number of ether oxygens (including phenoxy) is 1. The van der Waals surface area contributed by atoms with Crippen LogP contribution in [0.25, 0.3) is 0 Å². The van der Waals surface area contributed by atoms with Crippen molar-refractivity contribution < 1.29 is 17.9 Å². The zero-order valence-corrected chi connectivity index (χ0v) is 16.4. The summed E-state index contributed by atoms with van der Waals surface area (Å²) in [5.41, 5.74) is 1.95. The SMILES string of the molecule is COc1ccc(N(CCC(=O)Nc2cc(Cl)ccc2C)S(C)(=O)=O)cc1. The number of halogens is 1. The number of carbonyl (C=O) groups excluding carboxylic acids is 1. The molecule has 140 valence electrons. The van der Waals surface area contributed by atoms with Crippen LogP contribution in [-0.4, -0.2) is 34.2 Å². The summed E-state index contributed by atoms with van der Waals surface area (Å²) >= 11 is 5.94. The molecule has 0 aliphatic heterocycles. The lowest BCUT2D eigenvalue weighted by Gasteiger charge is -2.22. The summed E-state index contributed by atoms with van der Waals surface area (Å²) in [6.07, 6.45) is 1.11. The van der Waals surface area contributed by atoms with Crippen LogP contribution in [-0.2, 0) is 14.8 Å². The number of anilines is 2. The van der Waals surface area contributed by atoms with E-state index in [4.69, 9.17) is 16.3 Å². The van der Waals surface area contributed by atoms with Gasteiger partial charge in [0.25, 0.3) is 0 Å². The van der Waals surface area contributed by atoms with Gasteiger partial charge in [0.15, 0.2) is 0 Å². The minimum atomic E-state index is -3.53. The fraction of sp³-hybridized carbons (Fsp3) is 0.278. The van der Waals surface area contributed by atoms with E-state index in [1.54, 1.807) is 42.5 Å². The van der Waals surface area contributed by atoms with E-state index in [0.717, 1.165) is 11.8 Å². The topological polar surface area (TPSA) is 75.7 Å². The highest BCUT2D eigenvalue weighted by Gasteiger charge is 2.19. The molecule has 0 aliphatic rings. The third kappa shape index (κ3) is 5.37. The van der Waals surface area contributed by atoms with Gasteiger partial charge in [-0.2, -0.15) is 0 Å². The minimum Gasteiger partial charge on any atom is -0.497 e. The maximum absolute atomic E-state index is 12.2. The minimum absolute atomic E-state index is 0.00501. The predicted molar refractivity (Wildman–Crippen MR) is 105 cm³/mol. The fourth-order valence-electron chi connectivity index (χ4n) is 2.38. The number of amides is 1. The van der Waals surface area contributed by atoms with Crippen LogP contribution in [0.5, 0.6) is 5.75 Å². The first-order chi connectivity index (χ1) is 12.2. The van der Waals surface area contributed by atoms with Crippen LogP contribution in [0.1, 0.15) is 12.0 Å². The van der Waals surface area contributed by atoms with Crippen molar-refractivity contribution >= 4 is 38.9 Å². The molecule has 2 aromatic carbocycles. The highest BCUT2D eigenvalue weighted by Crippen LogP contribution is 2.23. The number of methoxy groups -OCH3 is 1. The molecule has 2 rings (SSSR count). The van der Waals surface area contributed by atoms with E-state index in [1.165, 1.54) is 11.4 Å². The van der Waals surface area contributed by atoms with Crippen molar-refractivity contribution in [3.63, 3.8) is 0 Å². The van der Waals surface area contributed by atoms with Gasteiger partial charge in [-0.3, -0.25) is 9.10 Å². The summed E-state index contributed by atoms with van der Waals surface area (Å²) in [7, 11) is -2.00. The molecular weight excluding hydrogens is 376 g/mol. The number of aryl methyl sites for hydroxylation is 1. The van der Waals surface area contributed by atoms with Gasteiger partial charge in [-0.05, 0) is 48.9 Å². The number of nitrogens with zero attached hydrogens (tertiary/aromatic N) is 1. The maximum atomic E-state index is 12.2. The predicted octanol–water partition coefficient (Wildman–Crippen LogP) is 3.45. The van der Waals surface area contributed by atoms with E-state index in [0.29, 0.717) is 22.1 Å². The Kier molecular flexibility index (Phi) is 6.50. The highest BCUT2D eigenvalue weighted by molar-refractivity contribution is 7.92. The van der Waals surface area contributed by atoms with Crippen molar-refractivity contribution in [2.45, 2.75) is 13.3 Å². The van der Waals surface area contributed by atoms with Crippen molar-refractivity contribution in [3.05, 3.63) is 53.1 Å². The molecule has 1 amide bonds. The van der Waals surface area contributed by atoms with Gasteiger partial charge in [0.05, 0.1) is 19.1 Å². The zero-order chi connectivity index (χ0) is 19.3. The Bertz CT molecular complexity index is 883. The highest BCUT2D eigenvalue weighted by atomic mass is 35.5. The molecule has 0 unspecified atom stereocenters. The smallest absolute Gasteiger partial charge is 0.232 e. The Balaban J connectivity index is 2.09. The molecule has 0 aliphatic carbocycles. The van der Waals surface area contributed by atoms with Gasteiger partial charge in [-0.25, -0.2) is 8.42 Å². The summed E-state index contributed by atoms with van der Waals surface area (Å²) in [5, 5.41) is 3.28. The van der Waals surface area contributed by atoms with Gasteiger partial charge in [0.1, 0.15) is 5.75 Å². The van der Waals surface area contributed by atoms with Crippen molar-refractivity contribution in [1.82, 2.24) is 0 Å². The average molecular weight is 397 g/mol. The Labute approximate surface area is 158 Å². The van der Waals surface area contributed by atoms with E-state index >= 15 is 0 Å². The first-order valence-corrected chi connectivity index (χ1v) is 10.1. The molecule has 0 radical (unpaired) electrons. The molecule has 0 saturated carbocycles. The Hall–Kier alpha value is -2.25. The number of benzene rings is 2. The zero-order valence-electron chi connectivity index (χ0n) is 14.8. The fourth-order valence-corrected chi connectivity index (χ4v) is 3.48. The lowest BCUT2D eigenvalue weighted by Crippen LogP contribution is -2.33. The monoisotopic (exact) mass is 396 g/mol. The number of sulfonamides is 1. The molecule has 1 N–H and O–H groups in total. The van der Waals surface area contributed by atoms with Gasteiger partial charge in [-0.1, -0.05) is 17.7 Å². The van der Waals surface area contributed by atoms with Crippen LogP contribution in [0.2, 0.25) is 5.02 Å². The van der Waals surface area contributed by atoms with Crippen LogP contribution in [0.3, 0.4) is 0 Å². The van der Waals surface area contributed by atoms with Gasteiger partial charge in [0.2, 0.25) is 15.9 Å². The summed E-state index contributed by atoms with van der Waals surface area (Å²) in [6, 6.07) is 11.8. The van der Waals surface area contributed by atoms with Crippen LogP contribution in [0.15, 0.2) is 42.5 Å². The van der Waals surface area contributed by atoms with E-state index in [1.807, 2.05) is 6.92 Å². The molecule has 0 heterocycles. The molecule has 8 heteroatoms. The number of hydrogen-bond acceptors (Lipinski definition) is 4. The van der Waals surface area contributed by atoms with Crippen molar-refractivity contribution in [3.8, 4) is 5.75 Å². The number of nitrogens with one attached hydrogen (secondary N) is 1. The molecule has 0 atom stereocenters. The number of hydrogen-bond donors (Lipinski definition) is 1. The summed E-state index contributed by atoms with van der Waals surface area (Å²) in [5.74, 6) is 0.328. The van der Waals surface area contributed by atoms with E-state index in [9.17, 15) is 13.2 Å². The van der Waals surface area contributed by atoms with Crippen LogP contribution < -0.4 is 14.4 Å². The largest absolute Gasteiger partial charge is 0.497 e. The van der Waals surface area contributed by atoms with E-state index in [-0.39, 0.29) is 18.9 Å². The molecular formula is C18H21ClN2O4S. The summed E-state index contributed by atoms with van der Waals surface area (Å²) < 4.78 is 30.5. The van der Waals surface area contributed by atoms with Crippen molar-refractivity contribution in [1.29, 1.82) is 0 Å². The second-order valence-corrected chi connectivity index (χ2v) is 8.13. The molecule has 2 aromatic rings. The number of rotatable bonds is 7. The quantitative estimate of drug-likeness (QED) is 0.777. The van der Waals surface area contributed by atoms with Gasteiger partial charge in [-0.15, -0.1) is 0 Å². The maximum Gasteiger partial charge on any atom is 0.232 e. The molecule has 0 aromatic heterocycles. The molecule has 0 spiro atoms. The summed E-state index contributed by atoms with van der Waals surface area (Å²) in [4.78, 5) is 12.2. The van der Waals surface area contributed by atoms with Crippen LogP contribution in [0, 0.1) is 6.92 Å². The lowest BCUT2D eigenvalue weighted by molar-refractivity contribution is -0.116. The van der Waals surface area contributed by atoms with Crippen molar-refractivity contribution in [2.75, 3.05) is 29.5 Å². The van der Waals surface area contributed by atoms with Gasteiger partial charge in [0, 0.05) is 23.7 Å². The molecule has 26 heavy (non-hydrogen) atoms. The van der Waals surface area contributed by atoms with Crippen LogP contribution >= 0.6 is 11.6 Å². The Morgan fingerprint density at radius 1 is 1.19 bits per heavy atom. The first-order valence-electron chi connectivity index (χ1n) is 7.88. The van der Waals surface area contributed by atoms with E-state index < -0.39 is 10.0 Å². The Morgan fingerprint density at radius 2 is 1.85 bits per heavy atom. The second-order valence-electron chi connectivity index (χ2n) is 5.79. The summed E-state index contributed by atoms with van der Waals surface area (Å²) in [6.45, 7) is 1.88. The van der Waals surface area contributed by atoms with Crippen LogP contribution in [0.4, 0.5) is 11.4 Å². The van der Waals surface area contributed by atoms with Gasteiger partial charge < -0.3 is 10.1 Å². The average Bonchev–Trinajstić information content (AvgIpc) is 2.57. The molecule has 0 fully saturated rings. The standard InChI is InChI=1S/C18H21ClN2O4S/c1-13-4-5-14(19)12-17(13)20-18(22)10-11-21(26(3,23)24)15-6-8-16(25-2)9-7-15/h4-9,12H,10-11H2,1-3H3,(H,20,22). The third-order valence-corrected chi connectivity index (χ3v) is 5.21. The lowest BCUT2D eigenvalue weighted by atomic mass is 10.2. The normalized spacial score (nSPS) is 11.1. The Morgan fingerprint density at radius 3 is 2.42 bits per heavy atom. The molecule has 0 saturated heterocycles. The molecule has 6 nitrogen and oxygen atoms in total. The van der Waals surface area contributed by atoms with Gasteiger partial charge >= 0.3 is 0 Å². The third-order valence-electron chi connectivity index (χ3n) is 3.78. The first kappa shape index (κ1) is 20.1. The van der Waals surface area contributed by atoms with E-state index in [2.05, 4.69) is 5.32 Å². The second kappa shape index (κ2) is 8.42. The number of carbonyl (C=O) groups is 1. The molecule has 0 bridgehead atoms.